The lowest BCUT2D eigenvalue weighted by Crippen LogP contribution is -2.46. The summed E-state index contributed by atoms with van der Waals surface area (Å²) in [6, 6.07) is 11.6. The fraction of sp³-hybridized carbons (Fsp3) is 0.550. The van der Waals surface area contributed by atoms with E-state index in [1.54, 1.807) is 0 Å². The Bertz CT molecular complexity index is 695. The Morgan fingerprint density at radius 3 is 3.04 bits per heavy atom. The molecule has 0 bridgehead atoms. The van der Waals surface area contributed by atoms with Crippen molar-refractivity contribution in [1.82, 2.24) is 20.0 Å². The number of fused-ring (bicyclic) bond motifs is 2. The molecular weight excluding hydrogens is 310 g/mol. The van der Waals surface area contributed by atoms with Crippen molar-refractivity contribution in [3.05, 3.63) is 47.7 Å². The summed E-state index contributed by atoms with van der Waals surface area (Å²) in [5.74, 6) is 1.75. The van der Waals surface area contributed by atoms with E-state index >= 15 is 0 Å². The Kier molecular flexibility index (Phi) is 5.04. The third kappa shape index (κ3) is 3.72. The smallest absolute Gasteiger partial charge is 0.124 e. The van der Waals surface area contributed by atoms with E-state index in [2.05, 4.69) is 56.5 Å². The van der Waals surface area contributed by atoms with E-state index in [1.165, 1.54) is 30.5 Å². The van der Waals surface area contributed by atoms with E-state index in [9.17, 15) is 0 Å². The molecule has 134 valence electrons. The van der Waals surface area contributed by atoms with E-state index in [4.69, 9.17) is 0 Å². The summed E-state index contributed by atoms with van der Waals surface area (Å²) in [6.07, 6.45) is 4.25. The average molecular weight is 339 g/mol. The maximum atomic E-state index is 4.38. The van der Waals surface area contributed by atoms with Crippen molar-refractivity contribution in [2.45, 2.75) is 38.9 Å². The van der Waals surface area contributed by atoms with Gasteiger partial charge in [-0.2, -0.15) is 5.10 Å². The van der Waals surface area contributed by atoms with Crippen molar-refractivity contribution in [1.29, 1.82) is 0 Å². The first-order valence-electron chi connectivity index (χ1n) is 9.60. The third-order valence-corrected chi connectivity index (χ3v) is 5.68. The molecule has 0 saturated heterocycles. The Morgan fingerprint density at radius 2 is 2.16 bits per heavy atom. The molecule has 25 heavy (non-hydrogen) atoms. The first kappa shape index (κ1) is 16.6. The Balaban J connectivity index is 1.27. The lowest BCUT2D eigenvalue weighted by Gasteiger charge is -2.36. The highest BCUT2D eigenvalue weighted by atomic mass is 15.3. The Morgan fingerprint density at radius 1 is 1.28 bits per heavy atom. The fourth-order valence-electron chi connectivity index (χ4n) is 4.14. The highest BCUT2D eigenvalue weighted by molar-refractivity contribution is 5.35. The van der Waals surface area contributed by atoms with Gasteiger partial charge < -0.3 is 10.6 Å². The topological polar surface area (TPSA) is 45.1 Å². The molecule has 4 rings (SSSR count). The predicted octanol–water partition coefficient (Wildman–Crippen LogP) is 2.35. The van der Waals surface area contributed by atoms with Crippen LogP contribution in [0.1, 0.15) is 24.5 Å². The molecule has 2 aromatic rings. The van der Waals surface area contributed by atoms with Crippen molar-refractivity contribution in [3.8, 4) is 0 Å². The lowest BCUT2D eigenvalue weighted by molar-refractivity contribution is 0.168. The monoisotopic (exact) mass is 339 g/mol. The number of aromatic nitrogens is 2. The molecule has 3 heterocycles. The average Bonchev–Trinajstić information content (AvgIpc) is 3.13. The summed E-state index contributed by atoms with van der Waals surface area (Å²) >= 11 is 0. The molecule has 0 spiro atoms. The van der Waals surface area contributed by atoms with Gasteiger partial charge in [0.2, 0.25) is 0 Å². The molecule has 2 aliphatic rings. The zero-order chi connectivity index (χ0) is 17.1. The molecule has 5 nitrogen and oxygen atoms in total. The third-order valence-electron chi connectivity index (χ3n) is 5.68. The number of benzene rings is 1. The van der Waals surface area contributed by atoms with Gasteiger partial charge in [-0.1, -0.05) is 31.2 Å². The Hall–Kier alpha value is -1.85. The van der Waals surface area contributed by atoms with Gasteiger partial charge in [-0.05, 0) is 24.0 Å². The fourth-order valence-corrected chi connectivity index (χ4v) is 4.14. The van der Waals surface area contributed by atoms with Crippen LogP contribution >= 0.6 is 0 Å². The summed E-state index contributed by atoms with van der Waals surface area (Å²) in [7, 11) is 0. The number of nitrogens with zero attached hydrogens (tertiary/aromatic N) is 3. The largest absolute Gasteiger partial charge is 0.370 e. The molecule has 0 saturated carbocycles. The van der Waals surface area contributed by atoms with Gasteiger partial charge in [0.25, 0.3) is 0 Å². The minimum atomic E-state index is 0.604. The zero-order valence-electron chi connectivity index (χ0n) is 15.1. The van der Waals surface area contributed by atoms with Gasteiger partial charge >= 0.3 is 0 Å². The summed E-state index contributed by atoms with van der Waals surface area (Å²) in [5, 5.41) is 11.6. The molecular formula is C20H29N5. The molecule has 2 aliphatic heterocycles. The van der Waals surface area contributed by atoms with Crippen LogP contribution in [-0.4, -0.2) is 46.9 Å². The molecule has 0 amide bonds. The van der Waals surface area contributed by atoms with Gasteiger partial charge in [0.05, 0.1) is 6.20 Å². The van der Waals surface area contributed by atoms with Crippen molar-refractivity contribution < 1.29 is 0 Å². The van der Waals surface area contributed by atoms with Gasteiger partial charge in [0, 0.05) is 57.3 Å². The first-order valence-corrected chi connectivity index (χ1v) is 9.60. The van der Waals surface area contributed by atoms with E-state index in [0.29, 0.717) is 12.0 Å². The molecule has 0 radical (unpaired) electrons. The van der Waals surface area contributed by atoms with Crippen molar-refractivity contribution >= 4 is 5.82 Å². The summed E-state index contributed by atoms with van der Waals surface area (Å²) in [4.78, 5) is 2.65. The van der Waals surface area contributed by atoms with Crippen LogP contribution in [0.15, 0.2) is 36.5 Å². The van der Waals surface area contributed by atoms with Gasteiger partial charge in [-0.25, -0.2) is 4.68 Å². The molecule has 0 aliphatic carbocycles. The first-order chi connectivity index (χ1) is 12.3. The second kappa shape index (κ2) is 7.58. The number of anilines is 1. The summed E-state index contributed by atoms with van der Waals surface area (Å²) < 4.78 is 2.08. The number of rotatable bonds is 6. The number of hydrogen-bond acceptors (Lipinski definition) is 4. The molecule has 2 N–H and O–H groups in total. The standard InChI is InChI=1S/C20H29N5/c1-2-19(24-10-8-17-5-3-4-6-18(17)15-24)13-21-11-16-12-22-20-7-9-23-25(20)14-16/h3-7,9,16,19,21-22H,2,8,10-15H2,1H3/t16-,19+/m0/s1. The minimum absolute atomic E-state index is 0.604. The van der Waals surface area contributed by atoms with Gasteiger partial charge in [0.15, 0.2) is 0 Å². The quantitative estimate of drug-likeness (QED) is 0.848. The van der Waals surface area contributed by atoms with Gasteiger partial charge in [0.1, 0.15) is 5.82 Å². The van der Waals surface area contributed by atoms with Crippen LogP contribution in [0.3, 0.4) is 0 Å². The molecule has 1 aromatic heterocycles. The number of hydrogen-bond donors (Lipinski definition) is 2. The van der Waals surface area contributed by atoms with Crippen LogP contribution in [0.2, 0.25) is 0 Å². The number of nitrogens with one attached hydrogen (secondary N) is 2. The lowest BCUT2D eigenvalue weighted by atomic mass is 9.98. The van der Waals surface area contributed by atoms with E-state index in [-0.39, 0.29) is 0 Å². The van der Waals surface area contributed by atoms with Crippen LogP contribution in [0, 0.1) is 5.92 Å². The maximum absolute atomic E-state index is 4.38. The van der Waals surface area contributed by atoms with Gasteiger partial charge in [-0.15, -0.1) is 0 Å². The second-order valence-corrected chi connectivity index (χ2v) is 7.35. The van der Waals surface area contributed by atoms with Gasteiger partial charge in [-0.3, -0.25) is 4.90 Å². The van der Waals surface area contributed by atoms with E-state index in [1.807, 2.05) is 12.3 Å². The summed E-state index contributed by atoms with van der Waals surface area (Å²) in [5.41, 5.74) is 3.04. The molecule has 0 fully saturated rings. The SMILES string of the molecule is CC[C@H](CNC[C@H]1CNc2ccnn2C1)N1CCc2ccccc2C1. The Labute approximate surface area is 150 Å². The molecule has 2 atom stereocenters. The van der Waals surface area contributed by atoms with Crippen LogP contribution in [0.25, 0.3) is 0 Å². The highest BCUT2D eigenvalue weighted by Gasteiger charge is 2.23. The molecule has 0 unspecified atom stereocenters. The maximum Gasteiger partial charge on any atom is 0.124 e. The minimum Gasteiger partial charge on any atom is -0.370 e. The second-order valence-electron chi connectivity index (χ2n) is 7.35. The molecule has 5 heteroatoms. The predicted molar refractivity (Wildman–Crippen MR) is 102 cm³/mol. The van der Waals surface area contributed by atoms with Crippen LogP contribution in [-0.2, 0) is 19.5 Å². The van der Waals surface area contributed by atoms with Crippen LogP contribution < -0.4 is 10.6 Å². The van der Waals surface area contributed by atoms with Crippen molar-refractivity contribution in [3.63, 3.8) is 0 Å². The van der Waals surface area contributed by atoms with Crippen molar-refractivity contribution in [2.75, 3.05) is 31.5 Å². The van der Waals surface area contributed by atoms with Crippen LogP contribution in [0.4, 0.5) is 5.82 Å². The van der Waals surface area contributed by atoms with E-state index < -0.39 is 0 Å². The summed E-state index contributed by atoms with van der Waals surface area (Å²) in [6.45, 7) is 8.75. The normalized spacial score (nSPS) is 21.2. The highest BCUT2D eigenvalue weighted by Crippen LogP contribution is 2.21. The molecule has 1 aromatic carbocycles. The zero-order valence-corrected chi connectivity index (χ0v) is 15.1. The van der Waals surface area contributed by atoms with E-state index in [0.717, 1.165) is 38.5 Å². The van der Waals surface area contributed by atoms with Crippen LogP contribution in [0.5, 0.6) is 0 Å². The van der Waals surface area contributed by atoms with Crippen molar-refractivity contribution in [2.24, 2.45) is 5.92 Å².